The van der Waals surface area contributed by atoms with Crippen LogP contribution in [0.15, 0.2) is 27.5 Å². The topological polar surface area (TPSA) is 51.1 Å². The second kappa shape index (κ2) is 8.00. The first-order valence-corrected chi connectivity index (χ1v) is 9.46. The zero-order chi connectivity index (χ0) is 18.7. The molecule has 5 heteroatoms. The van der Waals surface area contributed by atoms with Crippen molar-refractivity contribution in [1.82, 2.24) is 4.57 Å². The second-order valence-electron chi connectivity index (χ2n) is 6.08. The number of hydrogen-bond donors (Lipinski definition) is 1. The predicted molar refractivity (Wildman–Crippen MR) is 107 cm³/mol. The van der Waals surface area contributed by atoms with E-state index in [4.69, 9.17) is 0 Å². The minimum Gasteiger partial charge on any atom is -0.350 e. The summed E-state index contributed by atoms with van der Waals surface area (Å²) < 4.78 is 2.35. The van der Waals surface area contributed by atoms with E-state index in [1.165, 1.54) is 0 Å². The SMILES string of the molecule is CCc1cccc(CC)c1NC(=O)c1c(CC)n(C)c(C)c(Br)c1=O. The number of amides is 1. The number of carbonyl (C=O) groups excluding carboxylic acids is 1. The van der Waals surface area contributed by atoms with E-state index in [1.807, 2.05) is 43.7 Å². The lowest BCUT2D eigenvalue weighted by Crippen LogP contribution is -2.29. The zero-order valence-corrected chi connectivity index (χ0v) is 17.1. The molecule has 2 rings (SSSR count). The number of pyridine rings is 1. The summed E-state index contributed by atoms with van der Waals surface area (Å²) >= 11 is 3.34. The minimum atomic E-state index is -0.339. The maximum atomic E-state index is 13.0. The summed E-state index contributed by atoms with van der Waals surface area (Å²) in [6.45, 7) is 7.94. The van der Waals surface area contributed by atoms with Crippen LogP contribution in [0.1, 0.15) is 53.6 Å². The molecule has 25 heavy (non-hydrogen) atoms. The molecule has 0 spiro atoms. The maximum absolute atomic E-state index is 13.0. The van der Waals surface area contributed by atoms with Gasteiger partial charge in [0.2, 0.25) is 5.43 Å². The maximum Gasteiger partial charge on any atom is 0.261 e. The van der Waals surface area contributed by atoms with E-state index in [2.05, 4.69) is 35.1 Å². The molecule has 0 fully saturated rings. The fourth-order valence-electron chi connectivity index (χ4n) is 3.15. The molecule has 0 aliphatic heterocycles. The van der Waals surface area contributed by atoms with Gasteiger partial charge < -0.3 is 9.88 Å². The molecule has 0 saturated carbocycles. The number of carbonyl (C=O) groups is 1. The average Bonchev–Trinajstić information content (AvgIpc) is 2.62. The third-order valence-electron chi connectivity index (χ3n) is 4.74. The fraction of sp³-hybridized carbons (Fsp3) is 0.400. The molecule has 1 aromatic heterocycles. The van der Waals surface area contributed by atoms with Crippen LogP contribution in [-0.4, -0.2) is 10.5 Å². The molecule has 1 heterocycles. The monoisotopic (exact) mass is 404 g/mol. The van der Waals surface area contributed by atoms with Crippen molar-refractivity contribution in [2.45, 2.75) is 47.0 Å². The zero-order valence-electron chi connectivity index (χ0n) is 15.5. The van der Waals surface area contributed by atoms with Gasteiger partial charge in [0.15, 0.2) is 0 Å². The number of rotatable bonds is 5. The predicted octanol–water partition coefficient (Wildman–Crippen LogP) is 4.40. The molecule has 2 aromatic rings. The smallest absolute Gasteiger partial charge is 0.261 e. The highest BCUT2D eigenvalue weighted by atomic mass is 79.9. The number of benzene rings is 1. The molecule has 0 aliphatic carbocycles. The van der Waals surface area contributed by atoms with Gasteiger partial charge in [0.25, 0.3) is 5.91 Å². The van der Waals surface area contributed by atoms with Crippen molar-refractivity contribution in [3.05, 3.63) is 61.0 Å². The van der Waals surface area contributed by atoms with E-state index in [-0.39, 0.29) is 16.9 Å². The number of para-hydroxylation sites is 1. The van der Waals surface area contributed by atoms with Crippen LogP contribution in [0.5, 0.6) is 0 Å². The summed E-state index contributed by atoms with van der Waals surface area (Å²) in [4.78, 5) is 25.8. The molecule has 4 nitrogen and oxygen atoms in total. The highest BCUT2D eigenvalue weighted by Crippen LogP contribution is 2.24. The standard InChI is InChI=1S/C20H25BrN2O2/c1-6-13-10-9-11-14(7-2)18(13)22-20(25)16-15(8-3)23(5)12(4)17(21)19(16)24/h9-11H,6-8H2,1-5H3,(H,22,25). The van der Waals surface area contributed by atoms with Crippen LogP contribution in [-0.2, 0) is 26.3 Å². The van der Waals surface area contributed by atoms with Crippen LogP contribution < -0.4 is 10.7 Å². The number of nitrogens with one attached hydrogen (secondary N) is 1. The van der Waals surface area contributed by atoms with E-state index < -0.39 is 0 Å². The van der Waals surface area contributed by atoms with Gasteiger partial charge in [-0.05, 0) is 53.2 Å². The molecule has 0 atom stereocenters. The Morgan fingerprint density at radius 2 is 1.68 bits per heavy atom. The molecule has 1 amide bonds. The Morgan fingerprint density at radius 1 is 1.12 bits per heavy atom. The van der Waals surface area contributed by atoms with Crippen LogP contribution in [0.25, 0.3) is 0 Å². The number of hydrogen-bond acceptors (Lipinski definition) is 2. The van der Waals surface area contributed by atoms with E-state index in [1.54, 1.807) is 0 Å². The summed E-state index contributed by atoms with van der Waals surface area (Å²) in [6, 6.07) is 6.03. The first-order chi connectivity index (χ1) is 11.9. The highest BCUT2D eigenvalue weighted by molar-refractivity contribution is 9.10. The lowest BCUT2D eigenvalue weighted by atomic mass is 10.0. The Bertz CT molecular complexity index is 847. The van der Waals surface area contributed by atoms with Crippen molar-refractivity contribution in [2.24, 2.45) is 7.05 Å². The first-order valence-electron chi connectivity index (χ1n) is 8.67. The van der Waals surface area contributed by atoms with Crippen LogP contribution in [0.4, 0.5) is 5.69 Å². The van der Waals surface area contributed by atoms with Gasteiger partial charge >= 0.3 is 0 Å². The largest absolute Gasteiger partial charge is 0.350 e. The van der Waals surface area contributed by atoms with Gasteiger partial charge in [0, 0.05) is 24.1 Å². The van der Waals surface area contributed by atoms with Crippen molar-refractivity contribution < 1.29 is 4.79 Å². The fourth-order valence-corrected chi connectivity index (χ4v) is 3.61. The van der Waals surface area contributed by atoms with Crippen LogP contribution >= 0.6 is 15.9 Å². The lowest BCUT2D eigenvalue weighted by Gasteiger charge is -2.19. The Hall–Kier alpha value is -1.88. The van der Waals surface area contributed by atoms with Gasteiger partial charge in [-0.1, -0.05) is 39.0 Å². The molecular weight excluding hydrogens is 380 g/mol. The molecule has 0 aliphatic rings. The summed E-state index contributed by atoms with van der Waals surface area (Å²) in [5.41, 5.74) is 4.52. The quantitative estimate of drug-likeness (QED) is 0.802. The van der Waals surface area contributed by atoms with Crippen molar-refractivity contribution in [1.29, 1.82) is 0 Å². The summed E-state index contributed by atoms with van der Waals surface area (Å²) in [7, 11) is 1.88. The third-order valence-corrected chi connectivity index (χ3v) is 5.67. The van der Waals surface area contributed by atoms with Gasteiger partial charge in [-0.25, -0.2) is 0 Å². The van der Waals surface area contributed by atoms with Gasteiger partial charge in [-0.3, -0.25) is 9.59 Å². The summed E-state index contributed by atoms with van der Waals surface area (Å²) in [5.74, 6) is -0.339. The van der Waals surface area contributed by atoms with E-state index in [0.29, 0.717) is 10.9 Å². The van der Waals surface area contributed by atoms with Gasteiger partial charge in [0.05, 0.1) is 4.47 Å². The normalized spacial score (nSPS) is 10.8. The molecule has 0 radical (unpaired) electrons. The number of halogens is 1. The Kier molecular flexibility index (Phi) is 6.22. The second-order valence-corrected chi connectivity index (χ2v) is 6.87. The van der Waals surface area contributed by atoms with Crippen molar-refractivity contribution >= 4 is 27.5 Å². The number of aryl methyl sites for hydroxylation is 2. The highest BCUT2D eigenvalue weighted by Gasteiger charge is 2.22. The molecule has 0 unspecified atom stereocenters. The number of anilines is 1. The number of nitrogens with zero attached hydrogens (tertiary/aromatic N) is 1. The lowest BCUT2D eigenvalue weighted by molar-refractivity contribution is 0.102. The number of aromatic nitrogens is 1. The molecule has 0 saturated heterocycles. The summed E-state index contributed by atoms with van der Waals surface area (Å²) in [6.07, 6.45) is 2.25. The van der Waals surface area contributed by atoms with Crippen molar-refractivity contribution in [3.63, 3.8) is 0 Å². The average molecular weight is 405 g/mol. The van der Waals surface area contributed by atoms with E-state index >= 15 is 0 Å². The van der Waals surface area contributed by atoms with Crippen LogP contribution in [0, 0.1) is 6.92 Å². The molecule has 0 bridgehead atoms. The van der Waals surface area contributed by atoms with E-state index in [0.717, 1.165) is 41.0 Å². The van der Waals surface area contributed by atoms with Crippen molar-refractivity contribution in [2.75, 3.05) is 5.32 Å². The molecule has 1 aromatic carbocycles. The van der Waals surface area contributed by atoms with Gasteiger partial charge in [-0.2, -0.15) is 0 Å². The van der Waals surface area contributed by atoms with Gasteiger partial charge in [-0.15, -0.1) is 0 Å². The van der Waals surface area contributed by atoms with Crippen molar-refractivity contribution in [3.8, 4) is 0 Å². The molecule has 1 N–H and O–H groups in total. The molecular formula is C20H25BrN2O2. The first kappa shape index (κ1) is 19.4. The Morgan fingerprint density at radius 3 is 2.16 bits per heavy atom. The van der Waals surface area contributed by atoms with Crippen LogP contribution in [0.3, 0.4) is 0 Å². The van der Waals surface area contributed by atoms with E-state index in [9.17, 15) is 9.59 Å². The Labute approximate surface area is 157 Å². The Balaban J connectivity index is 2.60. The minimum absolute atomic E-state index is 0.218. The van der Waals surface area contributed by atoms with Gasteiger partial charge in [0.1, 0.15) is 5.56 Å². The molecule has 134 valence electrons. The summed E-state index contributed by atoms with van der Waals surface area (Å²) in [5, 5.41) is 3.01. The van der Waals surface area contributed by atoms with Crippen LogP contribution in [0.2, 0.25) is 0 Å². The third kappa shape index (κ3) is 3.56.